The van der Waals surface area contributed by atoms with Crippen LogP contribution in [0.5, 0.6) is 0 Å². The fraction of sp³-hybridized carbons (Fsp3) is 0.750. The highest BCUT2D eigenvalue weighted by atomic mass is 16.7. The fourth-order valence-corrected chi connectivity index (χ4v) is 1.09. The number of esters is 1. The van der Waals surface area contributed by atoms with Crippen molar-refractivity contribution in [3.05, 3.63) is 0 Å². The van der Waals surface area contributed by atoms with Crippen molar-refractivity contribution < 1.29 is 19.1 Å². The minimum atomic E-state index is -0.968. The van der Waals surface area contributed by atoms with E-state index >= 15 is 0 Å². The summed E-state index contributed by atoms with van der Waals surface area (Å²) in [5.41, 5.74) is 4.66. The van der Waals surface area contributed by atoms with Crippen molar-refractivity contribution in [2.75, 3.05) is 6.61 Å². The first-order valence-corrected chi connectivity index (χ1v) is 4.26. The van der Waals surface area contributed by atoms with E-state index in [4.69, 9.17) is 5.73 Å². The summed E-state index contributed by atoms with van der Waals surface area (Å²) in [5, 5.41) is 0. The van der Waals surface area contributed by atoms with Crippen molar-refractivity contribution >= 4 is 12.1 Å². The molecule has 1 rings (SSSR count). The lowest BCUT2D eigenvalue weighted by molar-refractivity contribution is -0.149. The summed E-state index contributed by atoms with van der Waals surface area (Å²) in [6, 6.07) is 0. The number of carbonyl (C=O) groups is 2. The lowest BCUT2D eigenvalue weighted by atomic mass is 9.78. The van der Waals surface area contributed by atoms with Crippen LogP contribution in [0.25, 0.3) is 0 Å². The lowest BCUT2D eigenvalue weighted by Gasteiger charge is -2.34. The molecule has 5 nitrogen and oxygen atoms in total. The molecule has 0 amide bonds. The van der Waals surface area contributed by atoms with Crippen molar-refractivity contribution in [1.82, 2.24) is 0 Å². The Morgan fingerprint density at radius 1 is 1.46 bits per heavy atom. The molecule has 0 heterocycles. The van der Waals surface area contributed by atoms with Gasteiger partial charge in [0.25, 0.3) is 0 Å². The Kier molecular flexibility index (Phi) is 2.87. The van der Waals surface area contributed by atoms with Crippen molar-refractivity contribution in [1.29, 1.82) is 0 Å². The van der Waals surface area contributed by atoms with Crippen LogP contribution in [0.1, 0.15) is 26.2 Å². The minimum absolute atomic E-state index is 0.184. The van der Waals surface area contributed by atoms with E-state index in [-0.39, 0.29) is 6.61 Å². The van der Waals surface area contributed by atoms with Crippen molar-refractivity contribution in [2.24, 2.45) is 5.73 Å². The molecule has 0 spiro atoms. The van der Waals surface area contributed by atoms with Gasteiger partial charge in [0.2, 0.25) is 0 Å². The van der Waals surface area contributed by atoms with Crippen LogP contribution in [-0.4, -0.2) is 24.3 Å². The van der Waals surface area contributed by atoms with E-state index in [1.165, 1.54) is 0 Å². The second-order valence-electron chi connectivity index (χ2n) is 3.08. The summed E-state index contributed by atoms with van der Waals surface area (Å²) in [6.07, 6.45) is 1.08. The zero-order valence-electron chi connectivity index (χ0n) is 7.54. The zero-order valence-corrected chi connectivity index (χ0v) is 7.54. The van der Waals surface area contributed by atoms with Gasteiger partial charge in [-0.3, -0.25) is 0 Å². The van der Waals surface area contributed by atoms with Crippen LogP contribution in [0.4, 0.5) is 4.79 Å². The molecule has 2 N–H and O–H groups in total. The average Bonchev–Trinajstić information content (AvgIpc) is 2.00. The van der Waals surface area contributed by atoms with Crippen LogP contribution in [0.15, 0.2) is 0 Å². The van der Waals surface area contributed by atoms with Crippen molar-refractivity contribution in [3.63, 3.8) is 0 Å². The highest BCUT2D eigenvalue weighted by Gasteiger charge is 2.43. The number of nitrogens with two attached hydrogens (primary N) is 1. The molecular weight excluding hydrogens is 174 g/mol. The Labute approximate surface area is 76.2 Å². The van der Waals surface area contributed by atoms with Gasteiger partial charge in [0, 0.05) is 0 Å². The third-order valence-corrected chi connectivity index (χ3v) is 2.09. The average molecular weight is 187 g/mol. The van der Waals surface area contributed by atoms with Gasteiger partial charge in [0.15, 0.2) is 0 Å². The standard InChI is InChI=1S/C8H13NO4/c1-2-12-7(11)13-6(10)8(9)4-3-5-8/h2-5,9H2,1H3. The summed E-state index contributed by atoms with van der Waals surface area (Å²) < 4.78 is 8.81. The molecule has 0 saturated heterocycles. The fourth-order valence-electron chi connectivity index (χ4n) is 1.09. The first-order chi connectivity index (χ1) is 6.08. The first-order valence-electron chi connectivity index (χ1n) is 4.26. The Balaban J connectivity index is 2.36. The van der Waals surface area contributed by atoms with Gasteiger partial charge in [-0.1, -0.05) is 0 Å². The highest BCUT2D eigenvalue weighted by molar-refractivity contribution is 5.89. The first kappa shape index (κ1) is 9.98. The predicted molar refractivity (Wildman–Crippen MR) is 43.9 cm³/mol. The Morgan fingerprint density at radius 2 is 2.08 bits per heavy atom. The van der Waals surface area contributed by atoms with Crippen LogP contribution < -0.4 is 5.73 Å². The Morgan fingerprint density at radius 3 is 2.46 bits per heavy atom. The van der Waals surface area contributed by atoms with Crippen LogP contribution >= 0.6 is 0 Å². The van der Waals surface area contributed by atoms with Gasteiger partial charge >= 0.3 is 12.1 Å². The maximum atomic E-state index is 11.2. The zero-order chi connectivity index (χ0) is 9.90. The van der Waals surface area contributed by atoms with E-state index in [1.807, 2.05) is 0 Å². The van der Waals surface area contributed by atoms with Crippen molar-refractivity contribution in [3.8, 4) is 0 Å². The molecule has 0 aromatic carbocycles. The van der Waals surface area contributed by atoms with Crippen LogP contribution in [-0.2, 0) is 14.3 Å². The smallest absolute Gasteiger partial charge is 0.434 e. The van der Waals surface area contributed by atoms with E-state index < -0.39 is 17.7 Å². The second-order valence-corrected chi connectivity index (χ2v) is 3.08. The van der Waals surface area contributed by atoms with Gasteiger partial charge in [-0.05, 0) is 26.2 Å². The molecule has 0 aromatic heterocycles. The maximum Gasteiger partial charge on any atom is 0.516 e. The van der Waals surface area contributed by atoms with E-state index in [9.17, 15) is 9.59 Å². The van der Waals surface area contributed by atoms with Gasteiger partial charge in [-0.25, -0.2) is 9.59 Å². The normalized spacial score (nSPS) is 18.6. The monoisotopic (exact) mass is 187 g/mol. The molecule has 1 saturated carbocycles. The third kappa shape index (κ3) is 2.18. The van der Waals surface area contributed by atoms with E-state index in [2.05, 4.69) is 9.47 Å². The van der Waals surface area contributed by atoms with Gasteiger partial charge in [0.05, 0.1) is 6.61 Å². The number of hydrogen-bond acceptors (Lipinski definition) is 5. The summed E-state index contributed by atoms with van der Waals surface area (Å²) >= 11 is 0. The number of rotatable bonds is 2. The van der Waals surface area contributed by atoms with Gasteiger partial charge < -0.3 is 15.2 Å². The highest BCUT2D eigenvalue weighted by Crippen LogP contribution is 2.30. The summed E-state index contributed by atoms with van der Waals surface area (Å²) in [7, 11) is 0. The minimum Gasteiger partial charge on any atom is -0.434 e. The largest absolute Gasteiger partial charge is 0.516 e. The molecule has 1 aliphatic carbocycles. The van der Waals surface area contributed by atoms with Gasteiger partial charge in [0.1, 0.15) is 5.54 Å². The number of carbonyl (C=O) groups excluding carboxylic acids is 2. The molecule has 0 aromatic rings. The summed E-state index contributed by atoms with van der Waals surface area (Å²) in [5.74, 6) is -0.683. The Bertz CT molecular complexity index is 222. The van der Waals surface area contributed by atoms with Gasteiger partial charge in [-0.2, -0.15) is 0 Å². The summed E-state index contributed by atoms with van der Waals surface area (Å²) in [6.45, 7) is 1.82. The SMILES string of the molecule is CCOC(=O)OC(=O)C1(N)CCC1. The molecule has 1 aliphatic rings. The molecular formula is C8H13NO4. The van der Waals surface area contributed by atoms with Crippen molar-refractivity contribution in [2.45, 2.75) is 31.7 Å². The molecule has 0 aliphatic heterocycles. The number of ether oxygens (including phenoxy) is 2. The lowest BCUT2D eigenvalue weighted by Crippen LogP contribution is -2.54. The molecule has 0 atom stereocenters. The molecule has 0 unspecified atom stereocenters. The maximum absolute atomic E-state index is 11.2. The van der Waals surface area contributed by atoms with Crippen LogP contribution in [0.3, 0.4) is 0 Å². The molecule has 0 radical (unpaired) electrons. The third-order valence-electron chi connectivity index (χ3n) is 2.09. The number of hydrogen-bond donors (Lipinski definition) is 1. The van der Waals surface area contributed by atoms with E-state index in [0.717, 1.165) is 6.42 Å². The van der Waals surface area contributed by atoms with Crippen LogP contribution in [0.2, 0.25) is 0 Å². The molecule has 0 bridgehead atoms. The quantitative estimate of drug-likeness (QED) is 0.505. The van der Waals surface area contributed by atoms with E-state index in [0.29, 0.717) is 12.8 Å². The van der Waals surface area contributed by atoms with Crippen LogP contribution in [0, 0.1) is 0 Å². The Hall–Kier alpha value is -1.10. The molecule has 13 heavy (non-hydrogen) atoms. The predicted octanol–water partition coefficient (Wildman–Crippen LogP) is 0.567. The molecule has 1 fully saturated rings. The molecule has 5 heteroatoms. The van der Waals surface area contributed by atoms with E-state index in [1.54, 1.807) is 6.92 Å². The summed E-state index contributed by atoms with van der Waals surface area (Å²) in [4.78, 5) is 21.9. The second kappa shape index (κ2) is 3.74. The molecule has 74 valence electrons. The van der Waals surface area contributed by atoms with Gasteiger partial charge in [-0.15, -0.1) is 0 Å². The topological polar surface area (TPSA) is 78.6 Å².